The molecule has 0 aromatic carbocycles. The molecule has 70 valence electrons. The van der Waals surface area contributed by atoms with Gasteiger partial charge in [0.2, 0.25) is 0 Å². The standard InChI is InChI=1S/C9H18N2S/c1-7-3-4-11(6-7)8(2)5-9(10)12/h7-8H,3-6H2,1-2H3,(H2,10,12). The van der Waals surface area contributed by atoms with Crippen molar-refractivity contribution in [1.29, 1.82) is 0 Å². The highest BCUT2D eigenvalue weighted by molar-refractivity contribution is 7.80. The van der Waals surface area contributed by atoms with Gasteiger partial charge in [0, 0.05) is 19.0 Å². The Kier molecular flexibility index (Phi) is 3.47. The minimum Gasteiger partial charge on any atom is -0.393 e. The highest BCUT2D eigenvalue weighted by Gasteiger charge is 2.22. The van der Waals surface area contributed by atoms with Gasteiger partial charge in [0.05, 0.1) is 4.99 Å². The van der Waals surface area contributed by atoms with Gasteiger partial charge in [-0.2, -0.15) is 0 Å². The van der Waals surface area contributed by atoms with Crippen LogP contribution in [-0.4, -0.2) is 29.0 Å². The van der Waals surface area contributed by atoms with E-state index in [0.29, 0.717) is 11.0 Å². The Balaban J connectivity index is 2.32. The number of nitrogens with zero attached hydrogens (tertiary/aromatic N) is 1. The molecule has 1 fully saturated rings. The number of thiocarbonyl (C=S) groups is 1. The van der Waals surface area contributed by atoms with Crippen LogP contribution in [0.25, 0.3) is 0 Å². The van der Waals surface area contributed by atoms with Gasteiger partial charge in [-0.25, -0.2) is 0 Å². The molecule has 1 aliphatic heterocycles. The second-order valence-electron chi connectivity index (χ2n) is 3.91. The first-order valence-corrected chi connectivity index (χ1v) is 5.02. The highest BCUT2D eigenvalue weighted by Crippen LogP contribution is 2.18. The van der Waals surface area contributed by atoms with Gasteiger partial charge >= 0.3 is 0 Å². The van der Waals surface area contributed by atoms with Crippen molar-refractivity contribution < 1.29 is 0 Å². The van der Waals surface area contributed by atoms with Crippen molar-refractivity contribution in [2.45, 2.75) is 32.7 Å². The smallest absolute Gasteiger partial charge is 0.0742 e. The van der Waals surface area contributed by atoms with E-state index in [4.69, 9.17) is 18.0 Å². The summed E-state index contributed by atoms with van der Waals surface area (Å²) in [7, 11) is 0. The lowest BCUT2D eigenvalue weighted by Crippen LogP contribution is -2.33. The number of hydrogen-bond donors (Lipinski definition) is 1. The van der Waals surface area contributed by atoms with Crippen molar-refractivity contribution in [3.8, 4) is 0 Å². The van der Waals surface area contributed by atoms with Gasteiger partial charge < -0.3 is 5.73 Å². The highest BCUT2D eigenvalue weighted by atomic mass is 32.1. The van der Waals surface area contributed by atoms with Crippen LogP contribution in [0.15, 0.2) is 0 Å². The average Bonchev–Trinajstić information content (AvgIpc) is 2.34. The van der Waals surface area contributed by atoms with Crippen molar-refractivity contribution in [1.82, 2.24) is 4.90 Å². The largest absolute Gasteiger partial charge is 0.393 e. The van der Waals surface area contributed by atoms with Crippen molar-refractivity contribution >= 4 is 17.2 Å². The summed E-state index contributed by atoms with van der Waals surface area (Å²) >= 11 is 4.89. The molecule has 0 bridgehead atoms. The molecule has 2 unspecified atom stereocenters. The van der Waals surface area contributed by atoms with Gasteiger partial charge in [-0.1, -0.05) is 19.1 Å². The molecule has 12 heavy (non-hydrogen) atoms. The van der Waals surface area contributed by atoms with E-state index in [-0.39, 0.29) is 0 Å². The fraction of sp³-hybridized carbons (Fsp3) is 0.889. The van der Waals surface area contributed by atoms with Crippen LogP contribution in [0.1, 0.15) is 26.7 Å². The lowest BCUT2D eigenvalue weighted by atomic mass is 10.2. The van der Waals surface area contributed by atoms with Crippen LogP contribution in [0.3, 0.4) is 0 Å². The lowest BCUT2D eigenvalue weighted by Gasteiger charge is -2.23. The zero-order chi connectivity index (χ0) is 9.14. The first kappa shape index (κ1) is 9.93. The summed E-state index contributed by atoms with van der Waals surface area (Å²) in [6, 6.07) is 0.535. The second kappa shape index (κ2) is 4.19. The molecule has 2 atom stereocenters. The van der Waals surface area contributed by atoms with Gasteiger partial charge in [-0.3, -0.25) is 4.90 Å². The van der Waals surface area contributed by atoms with Crippen LogP contribution in [-0.2, 0) is 0 Å². The van der Waals surface area contributed by atoms with Crippen molar-refractivity contribution in [2.75, 3.05) is 13.1 Å². The molecule has 0 aliphatic carbocycles. The fourth-order valence-corrected chi connectivity index (χ4v) is 2.03. The predicted octanol–water partition coefficient (Wildman–Crippen LogP) is 1.39. The van der Waals surface area contributed by atoms with Crippen LogP contribution in [0.2, 0.25) is 0 Å². The fourth-order valence-electron chi connectivity index (χ4n) is 1.79. The Morgan fingerprint density at radius 1 is 1.75 bits per heavy atom. The van der Waals surface area contributed by atoms with Crippen molar-refractivity contribution in [3.63, 3.8) is 0 Å². The molecule has 0 saturated carbocycles. The maximum atomic E-state index is 5.50. The molecule has 3 heteroatoms. The van der Waals surface area contributed by atoms with E-state index in [1.807, 2.05) is 0 Å². The molecule has 1 saturated heterocycles. The number of hydrogen-bond acceptors (Lipinski definition) is 2. The van der Waals surface area contributed by atoms with Gasteiger partial charge in [0.25, 0.3) is 0 Å². The Bertz CT molecular complexity index is 170. The van der Waals surface area contributed by atoms with E-state index in [0.717, 1.165) is 12.3 Å². The van der Waals surface area contributed by atoms with E-state index < -0.39 is 0 Å². The normalized spacial score (nSPS) is 27.3. The predicted molar refractivity (Wildman–Crippen MR) is 56.2 cm³/mol. The molecule has 0 aromatic rings. The third-order valence-electron chi connectivity index (χ3n) is 2.58. The maximum Gasteiger partial charge on any atom is 0.0742 e. The zero-order valence-electron chi connectivity index (χ0n) is 7.92. The van der Waals surface area contributed by atoms with Crippen LogP contribution in [0.4, 0.5) is 0 Å². The quantitative estimate of drug-likeness (QED) is 0.675. The molecule has 1 heterocycles. The van der Waals surface area contributed by atoms with Gasteiger partial charge in [-0.15, -0.1) is 0 Å². The summed E-state index contributed by atoms with van der Waals surface area (Å²) in [5, 5.41) is 0. The summed E-state index contributed by atoms with van der Waals surface area (Å²) < 4.78 is 0. The minimum atomic E-state index is 0.535. The Morgan fingerprint density at radius 3 is 2.83 bits per heavy atom. The van der Waals surface area contributed by atoms with Crippen LogP contribution >= 0.6 is 12.2 Å². The molecular weight excluding hydrogens is 168 g/mol. The molecule has 0 aromatic heterocycles. The summed E-state index contributed by atoms with van der Waals surface area (Å²) in [6.45, 7) is 6.93. The average molecular weight is 186 g/mol. The van der Waals surface area contributed by atoms with Crippen molar-refractivity contribution in [3.05, 3.63) is 0 Å². The van der Waals surface area contributed by atoms with E-state index in [9.17, 15) is 0 Å². The molecule has 0 spiro atoms. The van der Waals surface area contributed by atoms with Gasteiger partial charge in [-0.05, 0) is 25.8 Å². The SMILES string of the molecule is CC1CCN(C(C)CC(N)=S)C1. The molecule has 1 aliphatic rings. The topological polar surface area (TPSA) is 29.3 Å². The lowest BCUT2D eigenvalue weighted by molar-refractivity contribution is 0.257. The van der Waals surface area contributed by atoms with E-state index in [1.165, 1.54) is 19.5 Å². The maximum absolute atomic E-state index is 5.50. The van der Waals surface area contributed by atoms with E-state index >= 15 is 0 Å². The molecule has 2 nitrogen and oxygen atoms in total. The zero-order valence-corrected chi connectivity index (χ0v) is 8.73. The van der Waals surface area contributed by atoms with Crippen LogP contribution in [0.5, 0.6) is 0 Å². The van der Waals surface area contributed by atoms with E-state index in [2.05, 4.69) is 18.7 Å². The van der Waals surface area contributed by atoms with E-state index in [1.54, 1.807) is 0 Å². The third-order valence-corrected chi connectivity index (χ3v) is 2.74. The van der Waals surface area contributed by atoms with Crippen LogP contribution in [0, 0.1) is 5.92 Å². The number of likely N-dealkylation sites (tertiary alicyclic amines) is 1. The molecular formula is C9H18N2S. The van der Waals surface area contributed by atoms with Crippen LogP contribution < -0.4 is 5.73 Å². The minimum absolute atomic E-state index is 0.535. The summed E-state index contributed by atoms with van der Waals surface area (Å²) in [5.41, 5.74) is 5.50. The number of rotatable bonds is 3. The van der Waals surface area contributed by atoms with Gasteiger partial charge in [0.1, 0.15) is 0 Å². The Labute approximate surface area is 80.1 Å². The summed E-state index contributed by atoms with van der Waals surface area (Å²) in [5.74, 6) is 0.846. The first-order chi connectivity index (χ1) is 5.59. The first-order valence-electron chi connectivity index (χ1n) is 4.62. The monoisotopic (exact) mass is 186 g/mol. The molecule has 0 radical (unpaired) electrons. The Morgan fingerprint density at radius 2 is 2.42 bits per heavy atom. The second-order valence-corrected chi connectivity index (χ2v) is 4.43. The third kappa shape index (κ3) is 2.72. The summed E-state index contributed by atoms with van der Waals surface area (Å²) in [6.07, 6.45) is 2.18. The molecule has 0 amide bonds. The Hall–Kier alpha value is -0.150. The van der Waals surface area contributed by atoms with Gasteiger partial charge in [0.15, 0.2) is 0 Å². The number of nitrogens with two attached hydrogens (primary N) is 1. The van der Waals surface area contributed by atoms with Crippen molar-refractivity contribution in [2.24, 2.45) is 11.7 Å². The molecule has 2 N–H and O–H groups in total. The summed E-state index contributed by atoms with van der Waals surface area (Å²) in [4.78, 5) is 3.12. The molecule has 1 rings (SSSR count).